The Morgan fingerprint density at radius 3 is 2.64 bits per heavy atom. The van der Waals surface area contributed by atoms with E-state index in [2.05, 4.69) is 21.4 Å². The van der Waals surface area contributed by atoms with Gasteiger partial charge < -0.3 is 10.1 Å². The molecule has 2 heterocycles. The van der Waals surface area contributed by atoms with Gasteiger partial charge in [0.1, 0.15) is 23.7 Å². The maximum atomic E-state index is 13.6. The van der Waals surface area contributed by atoms with Crippen molar-refractivity contribution in [2.45, 2.75) is 44.4 Å². The van der Waals surface area contributed by atoms with Gasteiger partial charge in [-0.25, -0.2) is 14.4 Å². The molecule has 36 heavy (non-hydrogen) atoms. The zero-order chi connectivity index (χ0) is 25.1. The van der Waals surface area contributed by atoms with Crippen molar-refractivity contribution in [3.63, 3.8) is 0 Å². The average molecular weight is 502 g/mol. The third-order valence-electron chi connectivity index (χ3n) is 6.72. The highest BCUT2D eigenvalue weighted by Gasteiger charge is 2.36. The van der Waals surface area contributed by atoms with E-state index in [9.17, 15) is 9.65 Å². The van der Waals surface area contributed by atoms with Crippen molar-refractivity contribution in [1.29, 1.82) is 5.26 Å². The van der Waals surface area contributed by atoms with E-state index < -0.39 is 11.2 Å². The summed E-state index contributed by atoms with van der Waals surface area (Å²) < 4.78 is 19.5. The minimum Gasteiger partial charge on any atom is -0.494 e. The molecule has 0 aliphatic heterocycles. The van der Waals surface area contributed by atoms with Gasteiger partial charge in [0.25, 0.3) is 0 Å². The molecule has 0 atom stereocenters. The van der Waals surface area contributed by atoms with E-state index in [0.29, 0.717) is 30.0 Å². The smallest absolute Gasteiger partial charge is 0.141 e. The number of anilines is 2. The highest BCUT2D eigenvalue weighted by molar-refractivity contribution is 6.31. The van der Waals surface area contributed by atoms with Gasteiger partial charge >= 0.3 is 0 Å². The molecule has 0 amide bonds. The molecule has 0 radical (unpaired) electrons. The van der Waals surface area contributed by atoms with Gasteiger partial charge in [0.15, 0.2) is 0 Å². The predicted octanol–water partition coefficient (Wildman–Crippen LogP) is 6.89. The van der Waals surface area contributed by atoms with Crippen molar-refractivity contribution in [3.8, 4) is 11.8 Å². The molecule has 0 spiro atoms. The molecule has 1 aliphatic carbocycles. The first-order chi connectivity index (χ1) is 17.5. The van der Waals surface area contributed by atoms with Crippen LogP contribution in [-0.4, -0.2) is 21.6 Å². The zero-order valence-corrected chi connectivity index (χ0v) is 20.6. The number of halogens is 2. The Hall–Kier alpha value is -3.76. The van der Waals surface area contributed by atoms with Crippen molar-refractivity contribution >= 4 is 34.0 Å². The zero-order valence-electron chi connectivity index (χ0n) is 19.9. The Kier molecular flexibility index (Phi) is 6.71. The van der Waals surface area contributed by atoms with Crippen molar-refractivity contribution < 1.29 is 9.13 Å². The molecule has 0 bridgehead atoms. The van der Waals surface area contributed by atoms with Crippen LogP contribution >= 0.6 is 11.6 Å². The molecule has 182 valence electrons. The lowest BCUT2D eigenvalue weighted by Crippen LogP contribution is -2.19. The number of pyridine rings is 1. The fourth-order valence-corrected chi connectivity index (χ4v) is 5.00. The molecule has 6 nitrogen and oxygen atoms in total. The number of hydrogen-bond acceptors (Lipinski definition) is 6. The number of nitrogens with one attached hydrogen (secondary N) is 1. The van der Waals surface area contributed by atoms with E-state index in [1.807, 2.05) is 37.4 Å². The number of hydrogen-bond donors (Lipinski definition) is 1. The largest absolute Gasteiger partial charge is 0.494 e. The predicted molar refractivity (Wildman–Crippen MR) is 138 cm³/mol. The topological polar surface area (TPSA) is 83.7 Å². The molecule has 8 heteroatoms. The van der Waals surface area contributed by atoms with Crippen LogP contribution in [-0.2, 0) is 11.8 Å². The Morgan fingerprint density at radius 2 is 1.94 bits per heavy atom. The van der Waals surface area contributed by atoms with E-state index in [0.717, 1.165) is 53.6 Å². The fraction of sp³-hybridized carbons (Fsp3) is 0.286. The number of benzene rings is 2. The van der Waals surface area contributed by atoms with Gasteiger partial charge in [-0.1, -0.05) is 30.5 Å². The quantitative estimate of drug-likeness (QED) is 0.297. The first-order valence-electron chi connectivity index (χ1n) is 12.0. The highest BCUT2D eigenvalue weighted by Crippen LogP contribution is 2.40. The van der Waals surface area contributed by atoms with Crippen LogP contribution in [0.1, 0.15) is 49.4 Å². The number of ether oxygens (including phenoxy) is 1. The molecule has 1 fully saturated rings. The lowest BCUT2D eigenvalue weighted by Gasteiger charge is -2.20. The van der Waals surface area contributed by atoms with Crippen molar-refractivity contribution in [3.05, 3.63) is 82.6 Å². The van der Waals surface area contributed by atoms with Gasteiger partial charge in [-0.05, 0) is 55.7 Å². The monoisotopic (exact) mass is 501 g/mol. The summed E-state index contributed by atoms with van der Waals surface area (Å²) in [6, 6.07) is 14.9. The average Bonchev–Trinajstić information content (AvgIpc) is 3.38. The second-order valence-corrected chi connectivity index (χ2v) is 9.41. The summed E-state index contributed by atoms with van der Waals surface area (Å²) >= 11 is 5.95. The van der Waals surface area contributed by atoms with Crippen LogP contribution in [0, 0.1) is 17.1 Å². The van der Waals surface area contributed by atoms with Crippen LogP contribution in [0.15, 0.2) is 55.0 Å². The molecule has 1 N–H and O–H groups in total. The molecule has 0 unspecified atom stereocenters. The minimum atomic E-state index is -0.481. The Balaban J connectivity index is 1.48. The molecule has 2 aromatic carbocycles. The van der Waals surface area contributed by atoms with Crippen LogP contribution in [0.4, 0.5) is 15.9 Å². The number of rotatable bonds is 7. The van der Waals surface area contributed by atoms with Crippen molar-refractivity contribution in [2.24, 2.45) is 0 Å². The van der Waals surface area contributed by atoms with Crippen LogP contribution in [0.25, 0.3) is 10.9 Å². The molecule has 1 aliphatic rings. The molecular formula is C28H25ClFN5O. The van der Waals surface area contributed by atoms with Gasteiger partial charge in [0.2, 0.25) is 0 Å². The summed E-state index contributed by atoms with van der Waals surface area (Å²) in [5, 5.41) is 13.8. The van der Waals surface area contributed by atoms with Gasteiger partial charge in [-0.15, -0.1) is 0 Å². The summed E-state index contributed by atoms with van der Waals surface area (Å²) in [6.45, 7) is 2.45. The lowest BCUT2D eigenvalue weighted by molar-refractivity contribution is 0.337. The first kappa shape index (κ1) is 24.0. The van der Waals surface area contributed by atoms with Gasteiger partial charge in [-0.3, -0.25) is 4.98 Å². The third kappa shape index (κ3) is 4.69. The maximum Gasteiger partial charge on any atom is 0.141 e. The van der Waals surface area contributed by atoms with Gasteiger partial charge in [-0.2, -0.15) is 5.26 Å². The molecular weight excluding hydrogens is 477 g/mol. The van der Waals surface area contributed by atoms with E-state index in [-0.39, 0.29) is 5.02 Å². The summed E-state index contributed by atoms with van der Waals surface area (Å²) in [7, 11) is 0. The van der Waals surface area contributed by atoms with Gasteiger partial charge in [0.05, 0.1) is 28.6 Å². The second-order valence-electron chi connectivity index (χ2n) is 9.00. The highest BCUT2D eigenvalue weighted by atomic mass is 35.5. The lowest BCUT2D eigenvalue weighted by atomic mass is 9.81. The summed E-state index contributed by atoms with van der Waals surface area (Å²) in [5.41, 5.74) is 3.73. The maximum absolute atomic E-state index is 13.6. The Labute approximate surface area is 214 Å². The standard InChI is InChI=1S/C28H25ClFN5O/c1-2-36-26-14-25-22(27(34-17-33-25)35-21-7-8-24(30)23(29)13-21)12-18(26)11-20-6-5-19(15-32-20)28(16-31)9-3-4-10-28/h5-8,12-15,17H,2-4,9-11H2,1H3,(H,33,34,35). The first-order valence-corrected chi connectivity index (χ1v) is 12.4. The van der Waals surface area contributed by atoms with Gasteiger partial charge in [0, 0.05) is 41.0 Å². The molecule has 0 saturated heterocycles. The van der Waals surface area contributed by atoms with E-state index >= 15 is 0 Å². The second kappa shape index (κ2) is 10.1. The van der Waals surface area contributed by atoms with Crippen LogP contribution in [0.5, 0.6) is 5.75 Å². The minimum absolute atomic E-state index is 0.0305. The van der Waals surface area contributed by atoms with Crippen LogP contribution in [0.2, 0.25) is 5.02 Å². The number of aromatic nitrogens is 3. The van der Waals surface area contributed by atoms with Crippen LogP contribution < -0.4 is 10.1 Å². The molecule has 1 saturated carbocycles. The molecule has 5 rings (SSSR count). The van der Waals surface area contributed by atoms with E-state index in [1.54, 1.807) is 6.07 Å². The molecule has 2 aromatic heterocycles. The van der Waals surface area contributed by atoms with Crippen molar-refractivity contribution in [1.82, 2.24) is 15.0 Å². The number of nitriles is 1. The number of nitrogens with zero attached hydrogens (tertiary/aromatic N) is 4. The van der Waals surface area contributed by atoms with E-state index in [4.69, 9.17) is 21.3 Å². The third-order valence-corrected chi connectivity index (χ3v) is 7.01. The van der Waals surface area contributed by atoms with E-state index in [1.165, 1.54) is 18.5 Å². The SMILES string of the molecule is CCOc1cc2ncnc(Nc3ccc(F)c(Cl)c3)c2cc1Cc1ccc(C2(C#N)CCCC2)cn1. The summed E-state index contributed by atoms with van der Waals surface area (Å²) in [4.78, 5) is 13.5. The van der Waals surface area contributed by atoms with Crippen LogP contribution in [0.3, 0.4) is 0 Å². The molecule has 4 aromatic rings. The van der Waals surface area contributed by atoms with Crippen molar-refractivity contribution in [2.75, 3.05) is 11.9 Å². The Bertz CT molecular complexity index is 1450. The Morgan fingerprint density at radius 1 is 1.11 bits per heavy atom. The fourth-order valence-electron chi connectivity index (χ4n) is 4.82. The summed E-state index contributed by atoms with van der Waals surface area (Å²) in [5.74, 6) is 0.827. The number of fused-ring (bicyclic) bond motifs is 1. The normalized spacial score (nSPS) is 14.5. The summed E-state index contributed by atoms with van der Waals surface area (Å²) in [6.07, 6.45) is 7.79.